The molecule has 5 nitrogen and oxygen atoms in total. The van der Waals surface area contributed by atoms with Gasteiger partial charge in [-0.1, -0.05) is 17.7 Å². The summed E-state index contributed by atoms with van der Waals surface area (Å²) in [5.74, 6) is -0.974. The van der Waals surface area contributed by atoms with Gasteiger partial charge in [0.25, 0.3) is 5.91 Å². The Morgan fingerprint density at radius 3 is 2.41 bits per heavy atom. The third kappa shape index (κ3) is 5.89. The van der Waals surface area contributed by atoms with Crippen molar-refractivity contribution in [1.82, 2.24) is 0 Å². The van der Waals surface area contributed by atoms with Crippen LogP contribution >= 0.6 is 11.6 Å². The first kappa shape index (κ1) is 20.6. The molecule has 2 N–H and O–H groups in total. The van der Waals surface area contributed by atoms with Gasteiger partial charge in [-0.05, 0) is 43.3 Å². The van der Waals surface area contributed by atoms with E-state index in [4.69, 9.17) is 16.3 Å². The summed E-state index contributed by atoms with van der Waals surface area (Å²) in [6.45, 7) is 2.58. The Morgan fingerprint density at radius 2 is 1.81 bits per heavy atom. The molecule has 0 saturated heterocycles. The summed E-state index contributed by atoms with van der Waals surface area (Å²) < 4.78 is 45.3. The van der Waals surface area contributed by atoms with Crippen LogP contribution in [-0.4, -0.2) is 17.9 Å². The molecule has 0 aliphatic carbocycles. The van der Waals surface area contributed by atoms with Crippen LogP contribution in [0.4, 0.5) is 24.5 Å². The molecule has 0 spiro atoms. The number of hydrogen-bond donors (Lipinski definition) is 2. The summed E-state index contributed by atoms with van der Waals surface area (Å²) in [5, 5.41) is 4.87. The maximum atomic E-state index is 13.3. The monoisotopic (exact) mass is 400 g/mol. The third-order valence-electron chi connectivity index (χ3n) is 3.38. The molecule has 0 aliphatic rings. The van der Waals surface area contributed by atoms with Crippen molar-refractivity contribution in [3.05, 3.63) is 53.1 Å². The lowest BCUT2D eigenvalue weighted by Gasteiger charge is -2.18. The van der Waals surface area contributed by atoms with E-state index in [1.165, 1.54) is 26.0 Å². The molecule has 27 heavy (non-hydrogen) atoms. The highest BCUT2D eigenvalue weighted by molar-refractivity contribution is 6.30. The van der Waals surface area contributed by atoms with E-state index in [1.807, 2.05) is 0 Å². The number of carbonyl (C=O) groups excluding carboxylic acids is 2. The maximum Gasteiger partial charge on any atom is 0.418 e. The molecule has 2 aromatic carbocycles. The maximum absolute atomic E-state index is 13.3. The average molecular weight is 401 g/mol. The summed E-state index contributed by atoms with van der Waals surface area (Å²) in [6.07, 6.45) is -5.80. The summed E-state index contributed by atoms with van der Waals surface area (Å²) in [7, 11) is 0. The SMILES string of the molecule is CC(=O)Nc1ccc(NC(=O)C(C)Oc2cccc(Cl)c2)c(C(F)(F)F)c1. The Hall–Kier alpha value is -2.74. The van der Waals surface area contributed by atoms with Gasteiger partial charge < -0.3 is 15.4 Å². The van der Waals surface area contributed by atoms with Crippen LogP contribution in [0, 0.1) is 0 Å². The van der Waals surface area contributed by atoms with Gasteiger partial charge in [0, 0.05) is 17.6 Å². The smallest absolute Gasteiger partial charge is 0.418 e. The minimum Gasteiger partial charge on any atom is -0.481 e. The lowest BCUT2D eigenvalue weighted by Crippen LogP contribution is -2.31. The lowest BCUT2D eigenvalue weighted by atomic mass is 10.1. The minimum absolute atomic E-state index is 0.0314. The second-order valence-corrected chi connectivity index (χ2v) is 6.08. The molecule has 0 aromatic heterocycles. The Morgan fingerprint density at radius 1 is 1.11 bits per heavy atom. The van der Waals surface area contributed by atoms with Gasteiger partial charge in [0.15, 0.2) is 6.10 Å². The third-order valence-corrected chi connectivity index (χ3v) is 3.62. The zero-order chi connectivity index (χ0) is 20.2. The van der Waals surface area contributed by atoms with Crippen molar-refractivity contribution < 1.29 is 27.5 Å². The zero-order valence-corrected chi connectivity index (χ0v) is 15.1. The van der Waals surface area contributed by atoms with Gasteiger partial charge in [-0.3, -0.25) is 9.59 Å². The van der Waals surface area contributed by atoms with Gasteiger partial charge in [0.05, 0.1) is 11.3 Å². The molecule has 0 fully saturated rings. The molecule has 0 aliphatic heterocycles. The molecule has 1 unspecified atom stereocenters. The summed E-state index contributed by atoms with van der Waals surface area (Å²) in [5.41, 5.74) is -1.56. The molecule has 2 rings (SSSR count). The predicted octanol–water partition coefficient (Wildman–Crippen LogP) is 4.72. The first-order valence-corrected chi connectivity index (χ1v) is 8.16. The van der Waals surface area contributed by atoms with Crippen molar-refractivity contribution in [2.45, 2.75) is 26.1 Å². The second-order valence-electron chi connectivity index (χ2n) is 5.65. The number of halogens is 4. The lowest BCUT2D eigenvalue weighted by molar-refractivity contribution is -0.137. The van der Waals surface area contributed by atoms with Gasteiger partial charge in [0.2, 0.25) is 5.91 Å². The van der Waals surface area contributed by atoms with E-state index in [0.717, 1.165) is 12.1 Å². The molecule has 144 valence electrons. The fourth-order valence-electron chi connectivity index (χ4n) is 2.20. The first-order valence-electron chi connectivity index (χ1n) is 7.78. The summed E-state index contributed by atoms with van der Waals surface area (Å²) in [4.78, 5) is 23.3. The van der Waals surface area contributed by atoms with Gasteiger partial charge in [0.1, 0.15) is 5.75 Å². The molecule has 1 atom stereocenters. The van der Waals surface area contributed by atoms with Gasteiger partial charge in [-0.2, -0.15) is 13.2 Å². The van der Waals surface area contributed by atoms with Crippen molar-refractivity contribution in [1.29, 1.82) is 0 Å². The van der Waals surface area contributed by atoms with E-state index < -0.39 is 35.3 Å². The highest BCUT2D eigenvalue weighted by Gasteiger charge is 2.34. The Kier molecular flexibility index (Phi) is 6.32. The molecular weight excluding hydrogens is 385 g/mol. The van der Waals surface area contributed by atoms with Crippen molar-refractivity contribution in [3.8, 4) is 5.75 Å². The van der Waals surface area contributed by atoms with E-state index in [-0.39, 0.29) is 5.69 Å². The number of ether oxygens (including phenoxy) is 1. The Bertz CT molecular complexity index is 856. The number of amides is 2. The van der Waals surface area contributed by atoms with Crippen molar-refractivity contribution in [2.75, 3.05) is 10.6 Å². The van der Waals surface area contributed by atoms with Gasteiger partial charge in [-0.15, -0.1) is 0 Å². The molecule has 0 bridgehead atoms. The van der Waals surface area contributed by atoms with Crippen molar-refractivity contribution >= 4 is 34.8 Å². The second kappa shape index (κ2) is 8.30. The standard InChI is InChI=1S/C18H16ClF3N2O3/c1-10(27-14-5-3-4-12(19)8-14)17(26)24-16-7-6-13(23-11(2)25)9-15(16)18(20,21)22/h3-10H,1-2H3,(H,23,25)(H,24,26). The fraction of sp³-hybridized carbons (Fsp3) is 0.222. The molecule has 2 aromatic rings. The molecule has 2 amide bonds. The van der Waals surface area contributed by atoms with Crippen LogP contribution in [0.2, 0.25) is 5.02 Å². The van der Waals surface area contributed by atoms with Crippen LogP contribution < -0.4 is 15.4 Å². The number of nitrogens with one attached hydrogen (secondary N) is 2. The van der Waals surface area contributed by atoms with Gasteiger partial charge in [-0.25, -0.2) is 0 Å². The quantitative estimate of drug-likeness (QED) is 0.763. The first-order chi connectivity index (χ1) is 12.6. The highest BCUT2D eigenvalue weighted by atomic mass is 35.5. The van der Waals surface area contributed by atoms with Crippen LogP contribution in [0.25, 0.3) is 0 Å². The molecule has 0 radical (unpaired) electrons. The van der Waals surface area contributed by atoms with E-state index in [2.05, 4.69) is 10.6 Å². The topological polar surface area (TPSA) is 67.4 Å². The number of anilines is 2. The fourth-order valence-corrected chi connectivity index (χ4v) is 2.38. The number of benzene rings is 2. The Labute approximate surface area is 158 Å². The van der Waals surface area contributed by atoms with Crippen LogP contribution in [0.5, 0.6) is 5.75 Å². The van der Waals surface area contributed by atoms with Gasteiger partial charge >= 0.3 is 6.18 Å². The van der Waals surface area contributed by atoms with Crippen LogP contribution in [0.1, 0.15) is 19.4 Å². The van der Waals surface area contributed by atoms with Crippen LogP contribution in [-0.2, 0) is 15.8 Å². The van der Waals surface area contributed by atoms with E-state index in [1.54, 1.807) is 18.2 Å². The predicted molar refractivity (Wildman–Crippen MR) is 95.9 cm³/mol. The molecule has 0 saturated carbocycles. The zero-order valence-electron chi connectivity index (χ0n) is 14.4. The molecular formula is C18H16ClF3N2O3. The normalized spacial score (nSPS) is 12.2. The van der Waals surface area contributed by atoms with E-state index in [0.29, 0.717) is 10.8 Å². The average Bonchev–Trinajstić information content (AvgIpc) is 2.54. The number of alkyl halides is 3. The Balaban J connectivity index is 2.19. The molecule has 9 heteroatoms. The summed E-state index contributed by atoms with van der Waals surface area (Å²) in [6, 6.07) is 9.36. The highest BCUT2D eigenvalue weighted by Crippen LogP contribution is 2.36. The van der Waals surface area contributed by atoms with Crippen LogP contribution in [0.15, 0.2) is 42.5 Å². The minimum atomic E-state index is -4.73. The summed E-state index contributed by atoms with van der Waals surface area (Å²) >= 11 is 5.82. The number of hydrogen-bond acceptors (Lipinski definition) is 3. The largest absolute Gasteiger partial charge is 0.481 e. The van der Waals surface area contributed by atoms with E-state index >= 15 is 0 Å². The van der Waals surface area contributed by atoms with E-state index in [9.17, 15) is 22.8 Å². The molecule has 0 heterocycles. The van der Waals surface area contributed by atoms with Crippen LogP contribution in [0.3, 0.4) is 0 Å². The van der Waals surface area contributed by atoms with Crippen molar-refractivity contribution in [3.63, 3.8) is 0 Å². The number of rotatable bonds is 5. The van der Waals surface area contributed by atoms with Crippen molar-refractivity contribution in [2.24, 2.45) is 0 Å². The number of carbonyl (C=O) groups is 2.